The summed E-state index contributed by atoms with van der Waals surface area (Å²) in [5.74, 6) is -0.0964. The summed E-state index contributed by atoms with van der Waals surface area (Å²) < 4.78 is 0. The molecule has 0 saturated carbocycles. The molecule has 2 aliphatic rings. The number of benzene rings is 3. The number of hydrogen-bond donors (Lipinski definition) is 2. The summed E-state index contributed by atoms with van der Waals surface area (Å²) in [6.07, 6.45) is 3.56. The van der Waals surface area contributed by atoms with Gasteiger partial charge in [0.25, 0.3) is 5.91 Å². The monoisotopic (exact) mass is 500 g/mol. The Hall–Kier alpha value is -3.61. The van der Waals surface area contributed by atoms with Gasteiger partial charge in [-0.1, -0.05) is 54.4 Å². The molecule has 0 atom stereocenters. The van der Waals surface area contributed by atoms with Crippen LogP contribution in [0.3, 0.4) is 0 Å². The van der Waals surface area contributed by atoms with Gasteiger partial charge in [-0.2, -0.15) is 0 Å². The topological polar surface area (TPSA) is 64.7 Å². The van der Waals surface area contributed by atoms with Crippen molar-refractivity contribution in [1.82, 2.24) is 4.90 Å². The van der Waals surface area contributed by atoms with Crippen molar-refractivity contribution in [2.24, 2.45) is 0 Å². The number of halogens is 1. The Morgan fingerprint density at radius 3 is 2.44 bits per heavy atom. The van der Waals surface area contributed by atoms with Crippen LogP contribution in [0.4, 0.5) is 17.1 Å². The fourth-order valence-corrected chi connectivity index (χ4v) is 4.92. The summed E-state index contributed by atoms with van der Waals surface area (Å²) in [6, 6.07) is 22.9. The van der Waals surface area contributed by atoms with Gasteiger partial charge < -0.3 is 15.5 Å². The number of anilines is 3. The summed E-state index contributed by atoms with van der Waals surface area (Å²) >= 11 is 6.15. The number of amides is 2. The molecular weight excluding hydrogens is 472 g/mol. The third-order valence-corrected chi connectivity index (χ3v) is 6.98. The number of fused-ring (bicyclic) bond motifs is 1. The van der Waals surface area contributed by atoms with E-state index in [1.165, 1.54) is 6.42 Å². The highest BCUT2D eigenvalue weighted by Crippen LogP contribution is 2.38. The second kappa shape index (κ2) is 10.6. The van der Waals surface area contributed by atoms with E-state index < -0.39 is 0 Å². The Morgan fingerprint density at radius 1 is 1.00 bits per heavy atom. The second-order valence-electron chi connectivity index (χ2n) is 9.22. The van der Waals surface area contributed by atoms with Crippen molar-refractivity contribution in [3.8, 4) is 0 Å². The van der Waals surface area contributed by atoms with Crippen molar-refractivity contribution >= 4 is 51.7 Å². The Morgan fingerprint density at radius 2 is 1.72 bits per heavy atom. The van der Waals surface area contributed by atoms with Crippen LogP contribution in [0.2, 0.25) is 5.02 Å². The van der Waals surface area contributed by atoms with E-state index in [0.717, 1.165) is 48.4 Å². The molecule has 1 fully saturated rings. The Bertz CT molecular complexity index is 1300. The molecule has 0 bridgehead atoms. The fraction of sp³-hybridized carbons (Fsp3) is 0.241. The van der Waals surface area contributed by atoms with Gasteiger partial charge in [0.05, 0.1) is 23.5 Å². The number of hydrogen-bond acceptors (Lipinski definition) is 4. The first-order valence-corrected chi connectivity index (χ1v) is 12.6. The van der Waals surface area contributed by atoms with E-state index in [2.05, 4.69) is 15.5 Å². The van der Waals surface area contributed by atoms with Crippen molar-refractivity contribution in [2.75, 3.05) is 42.2 Å². The van der Waals surface area contributed by atoms with Crippen LogP contribution in [0.15, 0.2) is 72.8 Å². The van der Waals surface area contributed by atoms with E-state index >= 15 is 0 Å². The summed E-state index contributed by atoms with van der Waals surface area (Å²) in [4.78, 5) is 29.8. The first kappa shape index (κ1) is 24.1. The van der Waals surface area contributed by atoms with Crippen LogP contribution < -0.4 is 15.5 Å². The zero-order valence-electron chi connectivity index (χ0n) is 20.3. The molecule has 2 N–H and O–H groups in total. The molecule has 0 spiro atoms. The largest absolute Gasteiger partial charge is 0.354 e. The van der Waals surface area contributed by atoms with E-state index in [4.69, 9.17) is 11.6 Å². The molecule has 3 aromatic carbocycles. The molecule has 0 radical (unpaired) electrons. The minimum absolute atomic E-state index is 0.0857. The number of carbonyl (C=O) groups is 2. The Kier molecular flexibility index (Phi) is 7.07. The smallest absolute Gasteiger partial charge is 0.258 e. The van der Waals surface area contributed by atoms with Crippen LogP contribution in [0.25, 0.3) is 11.3 Å². The maximum absolute atomic E-state index is 13.0. The number of carbonyl (C=O) groups excluding carboxylic acids is 2. The molecule has 2 heterocycles. The van der Waals surface area contributed by atoms with Gasteiger partial charge in [-0.05, 0) is 67.9 Å². The van der Waals surface area contributed by atoms with Crippen LogP contribution in [0.5, 0.6) is 0 Å². The van der Waals surface area contributed by atoms with Crippen LogP contribution in [0.1, 0.15) is 30.4 Å². The van der Waals surface area contributed by atoms with E-state index in [0.29, 0.717) is 28.5 Å². The molecule has 0 aliphatic carbocycles. The molecule has 1 saturated heterocycles. The molecule has 0 aromatic heterocycles. The van der Waals surface area contributed by atoms with E-state index in [1.807, 2.05) is 67.7 Å². The molecule has 2 amide bonds. The van der Waals surface area contributed by atoms with Crippen LogP contribution >= 0.6 is 11.6 Å². The highest BCUT2D eigenvalue weighted by molar-refractivity contribution is 6.38. The predicted molar refractivity (Wildman–Crippen MR) is 147 cm³/mol. The molecular formula is C29H29ClN4O2. The normalized spacial score (nSPS) is 16.8. The zero-order valence-corrected chi connectivity index (χ0v) is 21.0. The molecule has 2 aliphatic heterocycles. The number of likely N-dealkylation sites (tertiary alicyclic amines) is 1. The lowest BCUT2D eigenvalue weighted by Gasteiger charge is -2.28. The third-order valence-electron chi connectivity index (χ3n) is 6.74. The summed E-state index contributed by atoms with van der Waals surface area (Å²) in [5, 5.41) is 6.95. The van der Waals surface area contributed by atoms with Gasteiger partial charge in [0.2, 0.25) is 5.91 Å². The molecule has 0 unspecified atom stereocenters. The van der Waals surface area contributed by atoms with E-state index in [-0.39, 0.29) is 11.8 Å². The number of nitrogens with zero attached hydrogens (tertiary/aromatic N) is 2. The van der Waals surface area contributed by atoms with Crippen molar-refractivity contribution in [3.05, 3.63) is 88.9 Å². The average Bonchev–Trinajstić information content (AvgIpc) is 3.22. The minimum atomic E-state index is -0.182. The van der Waals surface area contributed by atoms with Gasteiger partial charge in [0, 0.05) is 29.0 Å². The molecule has 3 aromatic rings. The van der Waals surface area contributed by atoms with Gasteiger partial charge in [0.1, 0.15) is 0 Å². The van der Waals surface area contributed by atoms with E-state index in [9.17, 15) is 9.59 Å². The highest BCUT2D eigenvalue weighted by Gasteiger charge is 2.28. The first-order valence-electron chi connectivity index (χ1n) is 12.3. The fourth-order valence-electron chi connectivity index (χ4n) is 4.75. The zero-order chi connectivity index (χ0) is 25.1. The second-order valence-corrected chi connectivity index (χ2v) is 9.66. The molecule has 36 heavy (non-hydrogen) atoms. The lowest BCUT2D eigenvalue weighted by Crippen LogP contribution is -2.40. The number of rotatable bonds is 6. The predicted octanol–water partition coefficient (Wildman–Crippen LogP) is 5.72. The molecule has 5 rings (SSSR count). The molecule has 7 heteroatoms. The van der Waals surface area contributed by atoms with Gasteiger partial charge in [0.15, 0.2) is 0 Å². The van der Waals surface area contributed by atoms with Crippen LogP contribution in [0, 0.1) is 0 Å². The summed E-state index contributed by atoms with van der Waals surface area (Å²) in [7, 11) is 1.82. The standard InChI is InChI=1S/C29H29ClN4O2/c1-33(26(35)19-34-16-6-3-7-17-34)23-13-11-22(12-14-23)31-28(20-8-4-2-5-9-20)27-24-15-10-21(30)18-25(24)32-29(27)36/h2,4-5,8-15,18,31H,3,6-7,16-17,19H2,1H3,(H,32,36). The Balaban J connectivity index is 1.40. The Labute approximate surface area is 216 Å². The third kappa shape index (κ3) is 5.15. The molecule has 184 valence electrons. The SMILES string of the molecule is CN(C(=O)CN1CCCCC1)c1ccc(NC(=C2C(=O)Nc3cc(Cl)ccc32)c2ccccc2)cc1. The number of piperidine rings is 1. The average molecular weight is 501 g/mol. The van der Waals surface area contributed by atoms with E-state index in [1.54, 1.807) is 17.0 Å². The van der Waals surface area contributed by atoms with Gasteiger partial charge in [-0.25, -0.2) is 0 Å². The lowest BCUT2D eigenvalue weighted by atomic mass is 10.00. The maximum Gasteiger partial charge on any atom is 0.258 e. The molecule has 6 nitrogen and oxygen atoms in total. The summed E-state index contributed by atoms with van der Waals surface area (Å²) in [6.45, 7) is 2.42. The van der Waals surface area contributed by atoms with Crippen LogP contribution in [-0.4, -0.2) is 43.4 Å². The van der Waals surface area contributed by atoms with Gasteiger partial charge >= 0.3 is 0 Å². The summed E-state index contributed by atoms with van der Waals surface area (Å²) in [5.41, 5.74) is 5.30. The van der Waals surface area contributed by atoms with Crippen molar-refractivity contribution < 1.29 is 9.59 Å². The first-order chi connectivity index (χ1) is 17.5. The van der Waals surface area contributed by atoms with Gasteiger partial charge in [-0.3, -0.25) is 14.5 Å². The highest BCUT2D eigenvalue weighted by atomic mass is 35.5. The maximum atomic E-state index is 13.0. The van der Waals surface area contributed by atoms with Crippen molar-refractivity contribution in [2.45, 2.75) is 19.3 Å². The number of likely N-dealkylation sites (N-methyl/N-ethyl adjacent to an activating group) is 1. The quantitative estimate of drug-likeness (QED) is 0.425. The van der Waals surface area contributed by atoms with Crippen molar-refractivity contribution in [3.63, 3.8) is 0 Å². The van der Waals surface area contributed by atoms with Crippen molar-refractivity contribution in [1.29, 1.82) is 0 Å². The van der Waals surface area contributed by atoms with Gasteiger partial charge in [-0.15, -0.1) is 0 Å². The van der Waals surface area contributed by atoms with Crippen LogP contribution in [-0.2, 0) is 9.59 Å². The lowest BCUT2D eigenvalue weighted by molar-refractivity contribution is -0.119. The minimum Gasteiger partial charge on any atom is -0.354 e. The number of nitrogens with one attached hydrogen (secondary N) is 2.